The smallest absolute Gasteiger partial charge is 0.160 e. The molecule has 1 heterocycles. The first-order valence-corrected chi connectivity index (χ1v) is 21.4. The molecule has 2 nitrogen and oxygen atoms in total. The van der Waals surface area contributed by atoms with Crippen LogP contribution >= 0.6 is 0 Å². The quantitative estimate of drug-likeness (QED) is 0.161. The minimum Gasteiger partial charge on any atom is -0.228 e. The van der Waals surface area contributed by atoms with Crippen LogP contribution in [0.1, 0.15) is 43.2 Å². The van der Waals surface area contributed by atoms with Crippen molar-refractivity contribution in [3.63, 3.8) is 0 Å². The first-order chi connectivity index (χ1) is 29.7. The molecule has 0 radical (unpaired) electrons. The van der Waals surface area contributed by atoms with Gasteiger partial charge in [0, 0.05) is 22.1 Å². The molecule has 8 aromatic carbocycles. The molecule has 2 aliphatic carbocycles. The summed E-state index contributed by atoms with van der Waals surface area (Å²) in [5.41, 5.74) is 20.8. The average Bonchev–Trinajstić information content (AvgIpc) is 3.60. The van der Waals surface area contributed by atoms with Gasteiger partial charge in [-0.1, -0.05) is 213 Å². The Bertz CT molecular complexity index is 2940. The Morgan fingerprint density at radius 3 is 1.18 bits per heavy atom. The lowest BCUT2D eigenvalue weighted by Crippen LogP contribution is -2.27. The van der Waals surface area contributed by atoms with Crippen molar-refractivity contribution < 1.29 is 0 Å². The summed E-state index contributed by atoms with van der Waals surface area (Å²) in [5.74, 6) is 0.716. The molecule has 2 heteroatoms. The average molecular weight is 769 g/mol. The summed E-state index contributed by atoms with van der Waals surface area (Å²) in [6, 6.07) is 74.6. The van der Waals surface area contributed by atoms with Crippen molar-refractivity contribution in [2.24, 2.45) is 0 Å². The highest BCUT2D eigenvalue weighted by Gasteiger charge is 2.43. The van der Waals surface area contributed by atoms with E-state index in [9.17, 15) is 0 Å². The Hall–Kier alpha value is -7.16. The molecule has 0 unspecified atom stereocenters. The van der Waals surface area contributed by atoms with Crippen molar-refractivity contribution in [3.05, 3.63) is 217 Å². The number of hydrogen-bond donors (Lipinski definition) is 0. The van der Waals surface area contributed by atoms with Gasteiger partial charge >= 0.3 is 0 Å². The molecule has 0 atom stereocenters. The highest BCUT2D eigenvalue weighted by molar-refractivity contribution is 5.85. The maximum Gasteiger partial charge on any atom is 0.160 e. The summed E-state index contributed by atoms with van der Waals surface area (Å²) < 4.78 is 0. The number of benzene rings is 8. The Morgan fingerprint density at radius 1 is 0.283 bits per heavy atom. The number of rotatable bonds is 7. The van der Waals surface area contributed by atoms with Gasteiger partial charge in [0.15, 0.2) is 5.82 Å². The predicted molar refractivity (Wildman–Crippen MR) is 249 cm³/mol. The molecular weight excluding hydrogens is 725 g/mol. The van der Waals surface area contributed by atoms with Gasteiger partial charge in [0.1, 0.15) is 0 Å². The lowest BCUT2D eigenvalue weighted by atomic mass is 9.68. The van der Waals surface area contributed by atoms with E-state index in [1.54, 1.807) is 11.1 Å². The molecule has 60 heavy (non-hydrogen) atoms. The van der Waals surface area contributed by atoms with Crippen LogP contribution in [0.15, 0.2) is 206 Å². The minimum absolute atomic E-state index is 0.200. The standard InChI is InChI=1S/C58H44N2/c1-4-12-40(13-5-1)41-26-30-47(31-27-41)55-39-56(60-57(59-55)49-14-6-2-7-15-49)48-32-28-45(29-33-48)43-20-18-42(19-21-43)44-22-24-46(25-23-44)50-34-35-54-52(38-50)51-16-8-9-17-53(51)58(54)36-10-3-11-37-58/h1-2,4-9,12-35,38-39H,3,10-11,36-37H2. The number of aromatic nitrogens is 2. The SMILES string of the molecule is c1ccc(-c2ccc(-c3cc(-c4ccc(-c5ccc(-c6ccc(-c7ccc8c(c7)-c7ccccc7C87CCCCC7)cc6)cc5)cc4)nc(-c4ccccc4)n3)cc2)cc1. The van der Waals surface area contributed by atoms with Crippen LogP contribution in [0, 0.1) is 0 Å². The van der Waals surface area contributed by atoms with E-state index in [4.69, 9.17) is 9.97 Å². The Kier molecular flexibility index (Phi) is 9.12. The minimum atomic E-state index is 0.200. The van der Waals surface area contributed by atoms with E-state index in [2.05, 4.69) is 182 Å². The van der Waals surface area contributed by atoms with Crippen molar-refractivity contribution in [2.75, 3.05) is 0 Å². The number of nitrogens with zero attached hydrogens (tertiary/aromatic N) is 2. The third kappa shape index (κ3) is 6.55. The molecule has 0 saturated heterocycles. The fourth-order valence-electron chi connectivity index (χ4n) is 9.81. The third-order valence-electron chi connectivity index (χ3n) is 13.0. The molecule has 0 amide bonds. The topological polar surface area (TPSA) is 25.8 Å². The van der Waals surface area contributed by atoms with E-state index in [-0.39, 0.29) is 5.41 Å². The van der Waals surface area contributed by atoms with Crippen LogP contribution in [-0.2, 0) is 5.41 Å². The summed E-state index contributed by atoms with van der Waals surface area (Å²) in [7, 11) is 0. The summed E-state index contributed by atoms with van der Waals surface area (Å²) >= 11 is 0. The molecule has 1 fully saturated rings. The van der Waals surface area contributed by atoms with E-state index in [0.717, 1.165) is 28.1 Å². The molecule has 0 bridgehead atoms. The van der Waals surface area contributed by atoms with Crippen LogP contribution < -0.4 is 0 Å². The van der Waals surface area contributed by atoms with E-state index in [1.165, 1.54) is 87.7 Å². The first-order valence-electron chi connectivity index (χ1n) is 21.4. The van der Waals surface area contributed by atoms with Gasteiger partial charge in [-0.05, 0) is 91.7 Å². The van der Waals surface area contributed by atoms with Gasteiger partial charge in [-0.2, -0.15) is 0 Å². The maximum absolute atomic E-state index is 5.07. The molecule has 0 aliphatic heterocycles. The fourth-order valence-corrected chi connectivity index (χ4v) is 9.81. The third-order valence-corrected chi connectivity index (χ3v) is 13.0. The van der Waals surface area contributed by atoms with Crippen LogP contribution in [0.4, 0.5) is 0 Å². The predicted octanol–water partition coefficient (Wildman–Crippen LogP) is 15.4. The van der Waals surface area contributed by atoms with Gasteiger partial charge in [-0.3, -0.25) is 0 Å². The van der Waals surface area contributed by atoms with Gasteiger partial charge in [0.25, 0.3) is 0 Å². The molecule has 1 spiro atoms. The summed E-state index contributed by atoms with van der Waals surface area (Å²) in [4.78, 5) is 10.1. The van der Waals surface area contributed by atoms with Gasteiger partial charge in [-0.15, -0.1) is 0 Å². The lowest BCUT2D eigenvalue weighted by Gasteiger charge is -2.36. The van der Waals surface area contributed by atoms with Crippen molar-refractivity contribution in [3.8, 4) is 89.5 Å². The largest absolute Gasteiger partial charge is 0.228 e. The summed E-state index contributed by atoms with van der Waals surface area (Å²) in [6.07, 6.45) is 6.52. The first kappa shape index (κ1) is 36.0. The van der Waals surface area contributed by atoms with E-state index < -0.39 is 0 Å². The molecule has 1 saturated carbocycles. The number of fused-ring (bicyclic) bond motifs is 5. The monoisotopic (exact) mass is 768 g/mol. The van der Waals surface area contributed by atoms with Crippen molar-refractivity contribution in [2.45, 2.75) is 37.5 Å². The van der Waals surface area contributed by atoms with Gasteiger partial charge in [0.05, 0.1) is 11.4 Å². The fraction of sp³-hybridized carbons (Fsp3) is 0.103. The molecule has 1 aromatic heterocycles. The van der Waals surface area contributed by atoms with Gasteiger partial charge in [-0.25, -0.2) is 9.97 Å². The molecule has 9 aromatic rings. The van der Waals surface area contributed by atoms with E-state index in [1.807, 2.05) is 24.3 Å². The molecule has 11 rings (SSSR count). The molecular formula is C58H44N2. The Morgan fingerprint density at radius 2 is 0.667 bits per heavy atom. The second kappa shape index (κ2) is 15.2. The molecule has 286 valence electrons. The van der Waals surface area contributed by atoms with Crippen molar-refractivity contribution >= 4 is 0 Å². The zero-order valence-electron chi connectivity index (χ0n) is 33.6. The van der Waals surface area contributed by atoms with Crippen molar-refractivity contribution in [1.82, 2.24) is 9.97 Å². The highest BCUT2D eigenvalue weighted by Crippen LogP contribution is 2.56. The van der Waals surface area contributed by atoms with Crippen molar-refractivity contribution in [1.29, 1.82) is 0 Å². The maximum atomic E-state index is 5.07. The zero-order valence-corrected chi connectivity index (χ0v) is 33.6. The van der Waals surface area contributed by atoms with Crippen LogP contribution in [0.25, 0.3) is 89.5 Å². The second-order valence-corrected chi connectivity index (χ2v) is 16.5. The van der Waals surface area contributed by atoms with Crippen LogP contribution in [0.5, 0.6) is 0 Å². The zero-order chi connectivity index (χ0) is 39.9. The molecule has 0 N–H and O–H groups in total. The van der Waals surface area contributed by atoms with Gasteiger partial charge in [0.2, 0.25) is 0 Å². The second-order valence-electron chi connectivity index (χ2n) is 16.5. The van der Waals surface area contributed by atoms with E-state index >= 15 is 0 Å². The van der Waals surface area contributed by atoms with E-state index in [0.29, 0.717) is 5.82 Å². The highest BCUT2D eigenvalue weighted by atomic mass is 14.9. The lowest BCUT2D eigenvalue weighted by molar-refractivity contribution is 0.353. The molecule has 2 aliphatic rings. The van der Waals surface area contributed by atoms with Gasteiger partial charge < -0.3 is 0 Å². The van der Waals surface area contributed by atoms with Crippen LogP contribution in [0.2, 0.25) is 0 Å². The number of hydrogen-bond acceptors (Lipinski definition) is 2. The Labute approximate surface area is 353 Å². The van der Waals surface area contributed by atoms with Crippen LogP contribution in [0.3, 0.4) is 0 Å². The normalized spacial score (nSPS) is 13.8. The Balaban J connectivity index is 0.834. The summed E-state index contributed by atoms with van der Waals surface area (Å²) in [5, 5.41) is 0. The van der Waals surface area contributed by atoms with Crippen LogP contribution in [-0.4, -0.2) is 9.97 Å². The summed E-state index contributed by atoms with van der Waals surface area (Å²) in [6.45, 7) is 0.